The first-order valence-electron chi connectivity index (χ1n) is 4.94. The molecular formula is C10H21OP. The molecule has 0 amide bonds. The van der Waals surface area contributed by atoms with Crippen molar-refractivity contribution in [1.29, 1.82) is 0 Å². The zero-order valence-corrected chi connectivity index (χ0v) is 9.44. The molecule has 0 N–H and O–H groups in total. The normalized spacial score (nSPS) is 16.6. The lowest BCUT2D eigenvalue weighted by Gasteiger charge is -2.10. The maximum atomic E-state index is 12.0. The van der Waals surface area contributed by atoms with E-state index in [-0.39, 0.29) is 0 Å². The Morgan fingerprint density at radius 2 is 1.92 bits per heavy atom. The quantitative estimate of drug-likeness (QED) is 0.574. The van der Waals surface area contributed by atoms with Gasteiger partial charge in [0, 0.05) is 12.3 Å². The number of unbranched alkanes of at least 4 members (excludes halogenated alkanes) is 1. The Morgan fingerprint density at radius 1 is 1.25 bits per heavy atom. The van der Waals surface area contributed by atoms with Crippen LogP contribution in [-0.4, -0.2) is 12.3 Å². The smallest absolute Gasteiger partial charge is 0.108 e. The van der Waals surface area contributed by atoms with Crippen LogP contribution in [0.4, 0.5) is 0 Å². The first kappa shape index (κ1) is 12.0. The van der Waals surface area contributed by atoms with E-state index in [1.54, 1.807) is 0 Å². The Morgan fingerprint density at radius 3 is 2.33 bits per heavy atom. The highest BCUT2D eigenvalue weighted by atomic mass is 31.2. The van der Waals surface area contributed by atoms with Gasteiger partial charge in [0.15, 0.2) is 0 Å². The van der Waals surface area contributed by atoms with Gasteiger partial charge in [0.2, 0.25) is 0 Å². The van der Waals surface area contributed by atoms with Gasteiger partial charge in [0.05, 0.1) is 0 Å². The molecule has 0 saturated carbocycles. The lowest BCUT2D eigenvalue weighted by molar-refractivity contribution is 0.579. The van der Waals surface area contributed by atoms with E-state index in [2.05, 4.69) is 13.8 Å². The average Bonchev–Trinajstić information content (AvgIpc) is 2.11. The van der Waals surface area contributed by atoms with Gasteiger partial charge in [-0.15, -0.1) is 0 Å². The van der Waals surface area contributed by atoms with Crippen molar-refractivity contribution in [1.82, 2.24) is 0 Å². The van der Waals surface area contributed by atoms with E-state index in [9.17, 15) is 4.57 Å². The van der Waals surface area contributed by atoms with Gasteiger partial charge in [-0.1, -0.05) is 33.3 Å². The third-order valence-electron chi connectivity index (χ3n) is 2.04. The van der Waals surface area contributed by atoms with Crippen molar-refractivity contribution in [3.05, 3.63) is 11.9 Å². The minimum atomic E-state index is -1.91. The van der Waals surface area contributed by atoms with E-state index in [0.29, 0.717) is 0 Å². The first-order chi connectivity index (χ1) is 5.68. The minimum absolute atomic E-state index is 0.823. The summed E-state index contributed by atoms with van der Waals surface area (Å²) in [7, 11) is -1.91. The highest BCUT2D eigenvalue weighted by Crippen LogP contribution is 2.47. The fourth-order valence-corrected chi connectivity index (χ4v) is 3.18. The minimum Gasteiger partial charge on any atom is -0.319 e. The molecule has 0 spiro atoms. The summed E-state index contributed by atoms with van der Waals surface area (Å²) in [4.78, 5) is 0. The van der Waals surface area contributed by atoms with E-state index >= 15 is 0 Å². The molecule has 0 aromatic heterocycles. The number of rotatable bonds is 6. The molecule has 2 heteroatoms. The Labute approximate surface area is 76.6 Å². The Bertz CT molecular complexity index is 173. The van der Waals surface area contributed by atoms with E-state index in [4.69, 9.17) is 0 Å². The summed E-state index contributed by atoms with van der Waals surface area (Å²) in [5, 5.41) is 0. The van der Waals surface area contributed by atoms with Gasteiger partial charge < -0.3 is 4.57 Å². The molecule has 0 radical (unpaired) electrons. The Balaban J connectivity index is 4.05. The fraction of sp³-hybridized carbons (Fsp3) is 0.800. The highest BCUT2D eigenvalue weighted by Gasteiger charge is 2.13. The van der Waals surface area contributed by atoms with Crippen LogP contribution in [0.1, 0.15) is 40.0 Å². The zero-order chi connectivity index (χ0) is 9.45. The number of allylic oxidation sites excluding steroid dienone is 1. The fourth-order valence-electron chi connectivity index (χ4n) is 1.06. The summed E-state index contributed by atoms with van der Waals surface area (Å²) in [6.45, 7) is 6.25. The molecular weight excluding hydrogens is 167 g/mol. The molecule has 1 unspecified atom stereocenters. The van der Waals surface area contributed by atoms with Gasteiger partial charge in [-0.25, -0.2) is 0 Å². The second-order valence-corrected chi connectivity index (χ2v) is 6.42. The lowest BCUT2D eigenvalue weighted by Crippen LogP contribution is -1.89. The Hall–Kier alpha value is -0.0300. The van der Waals surface area contributed by atoms with Gasteiger partial charge in [-0.3, -0.25) is 0 Å². The predicted octanol–water partition coefficient (Wildman–Crippen LogP) is 4.09. The molecule has 0 aromatic carbocycles. The molecule has 1 nitrogen and oxygen atoms in total. The molecule has 0 rings (SSSR count). The monoisotopic (exact) mass is 188 g/mol. The molecule has 0 fully saturated rings. The summed E-state index contributed by atoms with van der Waals surface area (Å²) in [6, 6.07) is 0. The van der Waals surface area contributed by atoms with Crippen molar-refractivity contribution in [2.45, 2.75) is 40.0 Å². The molecule has 0 heterocycles. The van der Waals surface area contributed by atoms with Crippen LogP contribution in [0.25, 0.3) is 0 Å². The molecule has 72 valence electrons. The summed E-state index contributed by atoms with van der Waals surface area (Å²) < 4.78 is 12.0. The molecule has 12 heavy (non-hydrogen) atoms. The van der Waals surface area contributed by atoms with Crippen LogP contribution < -0.4 is 0 Å². The van der Waals surface area contributed by atoms with E-state index in [1.807, 2.05) is 18.8 Å². The SMILES string of the molecule is CCC=CP(=O)(CC)CCCC. The molecule has 0 aliphatic carbocycles. The Kier molecular flexibility index (Phi) is 6.47. The van der Waals surface area contributed by atoms with Crippen molar-refractivity contribution < 1.29 is 4.57 Å². The number of hydrogen-bond donors (Lipinski definition) is 0. The van der Waals surface area contributed by atoms with Gasteiger partial charge in [-0.2, -0.15) is 0 Å². The third kappa shape index (κ3) is 4.77. The van der Waals surface area contributed by atoms with E-state index in [1.165, 1.54) is 0 Å². The molecule has 0 aliphatic heterocycles. The van der Waals surface area contributed by atoms with Crippen LogP contribution in [0.2, 0.25) is 0 Å². The standard InChI is InChI=1S/C10H21OP/c1-4-7-9-12(11,6-3)10-8-5-2/h7,9H,4-6,8,10H2,1-3H3. The van der Waals surface area contributed by atoms with Gasteiger partial charge in [-0.05, 0) is 18.7 Å². The third-order valence-corrected chi connectivity index (χ3v) is 4.94. The van der Waals surface area contributed by atoms with Crippen LogP contribution in [0.15, 0.2) is 11.9 Å². The van der Waals surface area contributed by atoms with Gasteiger partial charge in [0.1, 0.15) is 7.14 Å². The molecule has 0 aliphatic rings. The van der Waals surface area contributed by atoms with Crippen LogP contribution in [0.5, 0.6) is 0 Å². The highest BCUT2D eigenvalue weighted by molar-refractivity contribution is 7.67. The molecule has 0 aromatic rings. The number of hydrogen-bond acceptors (Lipinski definition) is 1. The molecule has 0 bridgehead atoms. The first-order valence-corrected chi connectivity index (χ1v) is 7.08. The topological polar surface area (TPSA) is 17.1 Å². The maximum absolute atomic E-state index is 12.0. The van der Waals surface area contributed by atoms with E-state index < -0.39 is 7.14 Å². The maximum Gasteiger partial charge on any atom is 0.108 e. The van der Waals surface area contributed by atoms with Crippen molar-refractivity contribution in [3.8, 4) is 0 Å². The van der Waals surface area contributed by atoms with Gasteiger partial charge in [0.25, 0.3) is 0 Å². The average molecular weight is 188 g/mol. The van der Waals surface area contributed by atoms with Crippen LogP contribution in [0, 0.1) is 0 Å². The largest absolute Gasteiger partial charge is 0.319 e. The second-order valence-electron chi connectivity index (χ2n) is 3.14. The zero-order valence-electron chi connectivity index (χ0n) is 8.55. The molecule has 1 atom stereocenters. The van der Waals surface area contributed by atoms with Crippen molar-refractivity contribution in [3.63, 3.8) is 0 Å². The lowest BCUT2D eigenvalue weighted by atomic mass is 10.4. The van der Waals surface area contributed by atoms with Crippen molar-refractivity contribution >= 4 is 7.14 Å². The summed E-state index contributed by atoms with van der Waals surface area (Å²) in [5.74, 6) is 1.96. The van der Waals surface area contributed by atoms with Crippen molar-refractivity contribution in [2.24, 2.45) is 0 Å². The van der Waals surface area contributed by atoms with Crippen LogP contribution in [-0.2, 0) is 4.57 Å². The second kappa shape index (κ2) is 6.48. The van der Waals surface area contributed by atoms with E-state index in [0.717, 1.165) is 31.6 Å². The summed E-state index contributed by atoms with van der Waals surface area (Å²) in [6.07, 6.45) is 7.00. The van der Waals surface area contributed by atoms with Crippen molar-refractivity contribution in [2.75, 3.05) is 12.3 Å². The summed E-state index contributed by atoms with van der Waals surface area (Å²) in [5.41, 5.74) is 0. The summed E-state index contributed by atoms with van der Waals surface area (Å²) >= 11 is 0. The van der Waals surface area contributed by atoms with Crippen LogP contribution >= 0.6 is 7.14 Å². The predicted molar refractivity (Wildman–Crippen MR) is 57.4 cm³/mol. The van der Waals surface area contributed by atoms with Crippen LogP contribution in [0.3, 0.4) is 0 Å². The van der Waals surface area contributed by atoms with Gasteiger partial charge >= 0.3 is 0 Å². The molecule has 0 saturated heterocycles.